The molecule has 2 atom stereocenters. The van der Waals surface area contributed by atoms with E-state index in [9.17, 15) is 4.79 Å². The van der Waals surface area contributed by atoms with Gasteiger partial charge in [-0.25, -0.2) is 4.79 Å². The van der Waals surface area contributed by atoms with Crippen molar-refractivity contribution in [1.82, 2.24) is 14.7 Å². The predicted octanol–water partition coefficient (Wildman–Crippen LogP) is 3.65. The van der Waals surface area contributed by atoms with Gasteiger partial charge in [0.15, 0.2) is 11.5 Å². The third-order valence-corrected chi connectivity index (χ3v) is 7.30. The lowest BCUT2D eigenvalue weighted by molar-refractivity contribution is 0.0443. The van der Waals surface area contributed by atoms with E-state index in [1.165, 1.54) is 25.7 Å². The number of urea groups is 1. The van der Waals surface area contributed by atoms with Gasteiger partial charge in [-0.2, -0.15) is 0 Å². The van der Waals surface area contributed by atoms with Crippen LogP contribution in [0.1, 0.15) is 44.9 Å². The number of carbonyl (C=O) groups excluding carboxylic acids is 1. The summed E-state index contributed by atoms with van der Waals surface area (Å²) < 4.78 is 11.5. The van der Waals surface area contributed by atoms with E-state index in [1.54, 1.807) is 0 Å². The molecule has 1 aromatic rings. The minimum Gasteiger partial charge on any atom is -0.490 e. The Morgan fingerprint density at radius 2 is 1.65 bits per heavy atom. The van der Waals surface area contributed by atoms with Crippen LogP contribution in [-0.4, -0.2) is 86.3 Å². The van der Waals surface area contributed by atoms with Gasteiger partial charge in [0.25, 0.3) is 0 Å². The van der Waals surface area contributed by atoms with E-state index in [0.29, 0.717) is 31.0 Å². The molecule has 3 aliphatic rings. The van der Waals surface area contributed by atoms with Crippen molar-refractivity contribution in [3.63, 3.8) is 0 Å². The van der Waals surface area contributed by atoms with Crippen molar-refractivity contribution in [1.29, 1.82) is 0 Å². The van der Waals surface area contributed by atoms with E-state index in [2.05, 4.69) is 29.2 Å². The molecular weight excluding hydrogens is 392 g/mol. The van der Waals surface area contributed by atoms with Gasteiger partial charge in [-0.15, -0.1) is 0 Å². The van der Waals surface area contributed by atoms with Gasteiger partial charge in [0.05, 0.1) is 13.2 Å². The lowest BCUT2D eigenvalue weighted by Gasteiger charge is -2.46. The van der Waals surface area contributed by atoms with Crippen LogP contribution in [-0.2, 0) is 0 Å². The van der Waals surface area contributed by atoms with Crippen LogP contribution in [0.3, 0.4) is 0 Å². The van der Waals surface area contributed by atoms with E-state index in [-0.39, 0.29) is 12.1 Å². The number of nitrogens with one attached hydrogen (secondary N) is 1. The molecule has 1 N–H and O–H groups in total. The Hall–Kier alpha value is -1.99. The number of anilines is 1. The van der Waals surface area contributed by atoms with Crippen LogP contribution in [0.4, 0.5) is 10.5 Å². The largest absolute Gasteiger partial charge is 0.490 e. The molecule has 2 fully saturated rings. The Balaban J connectivity index is 1.41. The second kappa shape index (κ2) is 10.1. The molecule has 0 unspecified atom stereocenters. The summed E-state index contributed by atoms with van der Waals surface area (Å²) in [4.78, 5) is 20.1. The molecule has 1 aliphatic carbocycles. The van der Waals surface area contributed by atoms with Crippen molar-refractivity contribution < 1.29 is 14.3 Å². The summed E-state index contributed by atoms with van der Waals surface area (Å²) in [5.41, 5.74) is 0.747. The Kier molecular flexibility index (Phi) is 7.23. The molecule has 1 saturated heterocycles. The first kappa shape index (κ1) is 22.2. The van der Waals surface area contributed by atoms with Crippen LogP contribution in [0.5, 0.6) is 11.5 Å². The zero-order chi connectivity index (χ0) is 21.8. The van der Waals surface area contributed by atoms with Crippen molar-refractivity contribution in [2.75, 3.05) is 52.8 Å². The molecule has 7 nitrogen and oxygen atoms in total. The number of nitrogens with zero attached hydrogens (tertiary/aromatic N) is 3. The van der Waals surface area contributed by atoms with Crippen LogP contribution in [0.15, 0.2) is 18.2 Å². The zero-order valence-corrected chi connectivity index (χ0v) is 19.3. The molecule has 0 spiro atoms. The molecule has 172 valence electrons. The lowest BCUT2D eigenvalue weighted by Crippen LogP contribution is -2.57. The fraction of sp³-hybridized carbons (Fsp3) is 0.708. The Bertz CT molecular complexity index is 750. The summed E-state index contributed by atoms with van der Waals surface area (Å²) in [5, 5.41) is 3.08. The van der Waals surface area contributed by atoms with Crippen molar-refractivity contribution in [2.24, 2.45) is 0 Å². The predicted molar refractivity (Wildman–Crippen MR) is 123 cm³/mol. The first-order chi connectivity index (χ1) is 15.0. The Morgan fingerprint density at radius 1 is 0.968 bits per heavy atom. The maximum Gasteiger partial charge on any atom is 0.321 e. The smallest absolute Gasteiger partial charge is 0.321 e. The highest BCUT2D eigenvalue weighted by Gasteiger charge is 2.36. The number of likely N-dealkylation sites (tertiary alicyclic amines) is 1. The van der Waals surface area contributed by atoms with E-state index < -0.39 is 0 Å². The number of fused-ring (bicyclic) bond motifs is 1. The van der Waals surface area contributed by atoms with Gasteiger partial charge in [-0.3, -0.25) is 4.90 Å². The molecule has 4 rings (SSSR count). The number of piperidine rings is 1. The lowest BCUT2D eigenvalue weighted by atomic mass is 9.87. The zero-order valence-electron chi connectivity index (χ0n) is 19.3. The second-order valence-electron chi connectivity index (χ2n) is 9.37. The molecule has 7 heteroatoms. The number of rotatable bonds is 4. The van der Waals surface area contributed by atoms with Gasteiger partial charge in [-0.1, -0.05) is 12.8 Å². The summed E-state index contributed by atoms with van der Waals surface area (Å²) in [5.74, 6) is 1.45. The molecule has 2 heterocycles. The number of amides is 2. The molecule has 0 aromatic heterocycles. The van der Waals surface area contributed by atoms with E-state index in [0.717, 1.165) is 43.8 Å². The number of ether oxygens (including phenoxy) is 2. The molecule has 2 amide bonds. The second-order valence-corrected chi connectivity index (χ2v) is 9.37. The Morgan fingerprint density at radius 3 is 2.39 bits per heavy atom. The molecule has 2 aliphatic heterocycles. The van der Waals surface area contributed by atoms with E-state index >= 15 is 0 Å². The SMILES string of the molecule is CN1CCC(N(C)[C@H]2CCCC[C@@H]2N(C)C(=O)Nc2ccc3c(c2)OCCCO3)CC1. The monoisotopic (exact) mass is 430 g/mol. The highest BCUT2D eigenvalue weighted by atomic mass is 16.5. The van der Waals surface area contributed by atoms with Gasteiger partial charge >= 0.3 is 6.03 Å². The van der Waals surface area contributed by atoms with Crippen LogP contribution in [0.25, 0.3) is 0 Å². The minimum absolute atomic E-state index is 0.0526. The number of likely N-dealkylation sites (N-methyl/N-ethyl adjacent to an activating group) is 2. The molecule has 0 radical (unpaired) electrons. The number of hydrogen-bond acceptors (Lipinski definition) is 5. The summed E-state index contributed by atoms with van der Waals surface area (Å²) in [6.07, 6.45) is 7.95. The summed E-state index contributed by atoms with van der Waals surface area (Å²) >= 11 is 0. The van der Waals surface area contributed by atoms with Gasteiger partial charge in [0.1, 0.15) is 0 Å². The van der Waals surface area contributed by atoms with Crippen molar-refractivity contribution in [3.8, 4) is 11.5 Å². The quantitative estimate of drug-likeness (QED) is 0.790. The average Bonchev–Trinajstić information content (AvgIpc) is 3.03. The normalized spacial score (nSPS) is 25.2. The fourth-order valence-corrected chi connectivity index (χ4v) is 5.29. The van der Waals surface area contributed by atoms with Crippen LogP contribution in [0.2, 0.25) is 0 Å². The van der Waals surface area contributed by atoms with Gasteiger partial charge < -0.3 is 24.6 Å². The molecular formula is C24H38N4O3. The summed E-state index contributed by atoms with van der Waals surface area (Å²) in [6.45, 7) is 3.62. The third kappa shape index (κ3) is 5.26. The fourth-order valence-electron chi connectivity index (χ4n) is 5.29. The van der Waals surface area contributed by atoms with Crippen LogP contribution >= 0.6 is 0 Å². The highest BCUT2D eigenvalue weighted by molar-refractivity contribution is 5.89. The Labute approximate surface area is 186 Å². The third-order valence-electron chi connectivity index (χ3n) is 7.30. The highest BCUT2D eigenvalue weighted by Crippen LogP contribution is 2.33. The first-order valence-electron chi connectivity index (χ1n) is 11.9. The first-order valence-corrected chi connectivity index (χ1v) is 11.9. The van der Waals surface area contributed by atoms with Crippen LogP contribution in [0, 0.1) is 0 Å². The van der Waals surface area contributed by atoms with Gasteiger partial charge in [0, 0.05) is 43.3 Å². The molecule has 1 saturated carbocycles. The molecule has 31 heavy (non-hydrogen) atoms. The molecule has 0 bridgehead atoms. The van der Waals surface area contributed by atoms with E-state index in [4.69, 9.17) is 9.47 Å². The van der Waals surface area contributed by atoms with E-state index in [1.807, 2.05) is 30.1 Å². The standard InChI is InChI=1S/C24H38N4O3/c1-26-13-11-19(12-14-26)27(2)20-7-4-5-8-21(20)28(3)24(29)25-18-9-10-22-23(17-18)31-16-6-15-30-22/h9-10,17,19-21H,4-8,11-16H2,1-3H3,(H,25,29)/t20-,21-/m0/s1. The summed E-state index contributed by atoms with van der Waals surface area (Å²) in [6, 6.07) is 6.86. The topological polar surface area (TPSA) is 57.3 Å². The number of hydrogen-bond donors (Lipinski definition) is 1. The van der Waals surface area contributed by atoms with Crippen molar-refractivity contribution in [3.05, 3.63) is 18.2 Å². The van der Waals surface area contributed by atoms with Crippen molar-refractivity contribution in [2.45, 2.75) is 63.1 Å². The average molecular weight is 431 g/mol. The number of carbonyl (C=O) groups is 1. The van der Waals surface area contributed by atoms with Gasteiger partial charge in [0.2, 0.25) is 0 Å². The van der Waals surface area contributed by atoms with Crippen molar-refractivity contribution >= 4 is 11.7 Å². The maximum atomic E-state index is 13.2. The number of benzene rings is 1. The maximum absolute atomic E-state index is 13.2. The molecule has 1 aromatic carbocycles. The minimum atomic E-state index is -0.0526. The van der Waals surface area contributed by atoms with Crippen LogP contribution < -0.4 is 14.8 Å². The van der Waals surface area contributed by atoms with Gasteiger partial charge in [-0.05, 0) is 65.0 Å². The summed E-state index contributed by atoms with van der Waals surface area (Å²) in [7, 11) is 6.43.